The van der Waals surface area contributed by atoms with Crippen molar-refractivity contribution in [1.82, 2.24) is 0 Å². The second-order valence-corrected chi connectivity index (χ2v) is 23.5. The summed E-state index contributed by atoms with van der Waals surface area (Å²) < 4.78 is 34.6. The molecular weight excluding hydrogens is 1010 g/mol. The highest BCUT2D eigenvalue weighted by Crippen LogP contribution is 2.43. The Bertz CT molecular complexity index is 1810. The molecule has 0 aromatic heterocycles. The van der Waals surface area contributed by atoms with Gasteiger partial charge < -0.3 is 18.9 Å². The highest BCUT2D eigenvalue weighted by molar-refractivity contribution is 7.47. The maximum atomic E-state index is 12.8. The van der Waals surface area contributed by atoms with E-state index >= 15 is 0 Å². The van der Waals surface area contributed by atoms with Gasteiger partial charge in [0.1, 0.15) is 19.8 Å². The molecule has 0 aliphatic rings. The predicted molar refractivity (Wildman–Crippen MR) is 344 cm³/mol. The monoisotopic (exact) mass is 1130 g/mol. The summed E-state index contributed by atoms with van der Waals surface area (Å²) in [5, 5.41) is 0. The topological polar surface area (TPSA) is 108 Å². The number of carbonyl (C=O) groups excluding carboxylic acids is 2. The van der Waals surface area contributed by atoms with Crippen LogP contribution in [0.5, 0.6) is 0 Å². The molecule has 9 nitrogen and oxygen atoms in total. The number of quaternary nitrogens is 1. The zero-order chi connectivity index (χ0) is 58.4. The third-order valence-electron chi connectivity index (χ3n) is 13.2. The number of phosphoric acid groups is 1. The van der Waals surface area contributed by atoms with E-state index in [0.29, 0.717) is 17.4 Å². The first kappa shape index (κ1) is 76.1. The Labute approximate surface area is 491 Å². The first-order valence-corrected chi connectivity index (χ1v) is 33.4. The van der Waals surface area contributed by atoms with E-state index in [1.807, 2.05) is 21.1 Å². The number of nitrogens with zero attached hydrogens (tertiary/aromatic N) is 1. The first-order valence-electron chi connectivity index (χ1n) is 31.9. The lowest BCUT2D eigenvalue weighted by Crippen LogP contribution is -2.37. The summed E-state index contributed by atoms with van der Waals surface area (Å²) in [7, 11) is 1.45. The zero-order valence-electron chi connectivity index (χ0n) is 51.8. The summed E-state index contributed by atoms with van der Waals surface area (Å²) >= 11 is 0. The van der Waals surface area contributed by atoms with E-state index in [-0.39, 0.29) is 32.0 Å². The predicted octanol–water partition coefficient (Wildman–Crippen LogP) is 20.5. The molecule has 2 unspecified atom stereocenters. The third-order valence-corrected chi connectivity index (χ3v) is 14.2. The van der Waals surface area contributed by atoms with Gasteiger partial charge in [-0.25, -0.2) is 4.57 Å². The van der Waals surface area contributed by atoms with Gasteiger partial charge in [0.15, 0.2) is 6.10 Å². The minimum atomic E-state index is -4.40. The van der Waals surface area contributed by atoms with Crippen LogP contribution in [0.3, 0.4) is 0 Å². The maximum absolute atomic E-state index is 12.8. The number of hydrogen-bond donors (Lipinski definition) is 1. The van der Waals surface area contributed by atoms with Crippen molar-refractivity contribution in [1.29, 1.82) is 0 Å². The summed E-state index contributed by atoms with van der Waals surface area (Å²) in [6.45, 7) is 4.19. The number of allylic oxidation sites excluding steroid dienone is 22. The largest absolute Gasteiger partial charge is 0.472 e. The van der Waals surface area contributed by atoms with Crippen LogP contribution in [0.25, 0.3) is 0 Å². The standard InChI is InChI=1S/C70H118NO8P/c1-6-8-10-12-14-16-18-20-22-24-26-28-30-32-33-34-35-36-37-39-40-42-44-46-48-50-52-54-56-58-60-62-69(72)76-66-68(67-78-80(74,75)77-65-64-71(3,4)5)79-70(73)63-61-59-57-55-53-51-49-47-45-43-41-38-31-29-27-25-23-21-19-17-15-13-11-9-7-2/h8-11,14-17,20-23,26-29,32-33,38,41,45,47,68H,6-7,12-13,18-19,24-25,30-31,34-37,39-40,42-44,46,48-67H2,1-5H3/p+1/b10-8-,11-9-,16-14-,17-15-,22-20-,23-21-,28-26-,29-27-,33-32-,41-38-,47-45-. The van der Waals surface area contributed by atoms with Gasteiger partial charge in [-0.2, -0.15) is 0 Å². The smallest absolute Gasteiger partial charge is 0.462 e. The van der Waals surface area contributed by atoms with E-state index in [4.69, 9.17) is 18.5 Å². The molecule has 0 saturated carbocycles. The van der Waals surface area contributed by atoms with Gasteiger partial charge in [0, 0.05) is 12.8 Å². The van der Waals surface area contributed by atoms with Gasteiger partial charge >= 0.3 is 19.8 Å². The van der Waals surface area contributed by atoms with Crippen LogP contribution in [-0.4, -0.2) is 74.9 Å². The lowest BCUT2D eigenvalue weighted by molar-refractivity contribution is -0.870. The molecule has 80 heavy (non-hydrogen) atoms. The van der Waals surface area contributed by atoms with Crippen molar-refractivity contribution in [3.05, 3.63) is 134 Å². The first-order chi connectivity index (χ1) is 39.0. The molecule has 0 amide bonds. The van der Waals surface area contributed by atoms with Crippen molar-refractivity contribution >= 4 is 19.8 Å². The van der Waals surface area contributed by atoms with Crippen molar-refractivity contribution in [3.8, 4) is 0 Å². The Morgan fingerprint density at radius 2 is 0.675 bits per heavy atom. The number of rotatable bonds is 57. The van der Waals surface area contributed by atoms with Gasteiger partial charge in [0.2, 0.25) is 0 Å². The van der Waals surface area contributed by atoms with E-state index in [1.165, 1.54) is 83.5 Å². The van der Waals surface area contributed by atoms with Crippen LogP contribution in [0.1, 0.15) is 245 Å². The van der Waals surface area contributed by atoms with E-state index in [1.54, 1.807) is 0 Å². The van der Waals surface area contributed by atoms with E-state index in [2.05, 4.69) is 148 Å². The Morgan fingerprint density at radius 3 is 1.00 bits per heavy atom. The molecule has 10 heteroatoms. The minimum absolute atomic E-state index is 0.0220. The van der Waals surface area contributed by atoms with E-state index in [0.717, 1.165) is 128 Å². The highest BCUT2D eigenvalue weighted by atomic mass is 31.2. The minimum Gasteiger partial charge on any atom is -0.462 e. The average Bonchev–Trinajstić information content (AvgIpc) is 3.42. The third kappa shape index (κ3) is 63.3. The van der Waals surface area contributed by atoms with Crippen molar-refractivity contribution in [2.24, 2.45) is 0 Å². The molecule has 0 heterocycles. The van der Waals surface area contributed by atoms with Gasteiger partial charge in [-0.15, -0.1) is 0 Å². The molecule has 0 saturated heterocycles. The molecule has 0 fully saturated rings. The summed E-state index contributed by atoms with van der Waals surface area (Å²) in [6.07, 6.45) is 86.7. The van der Waals surface area contributed by atoms with Crippen LogP contribution in [0.15, 0.2) is 134 Å². The average molecular weight is 1130 g/mol. The molecule has 0 radical (unpaired) electrons. The van der Waals surface area contributed by atoms with Gasteiger partial charge in [-0.1, -0.05) is 257 Å². The Hall–Kier alpha value is -3.85. The fraction of sp³-hybridized carbons (Fsp3) is 0.657. The summed E-state index contributed by atoms with van der Waals surface area (Å²) in [4.78, 5) is 35.8. The molecule has 0 aromatic rings. The zero-order valence-corrected chi connectivity index (χ0v) is 52.7. The number of ether oxygens (including phenoxy) is 2. The lowest BCUT2D eigenvalue weighted by Gasteiger charge is -2.24. The second kappa shape index (κ2) is 59.8. The summed E-state index contributed by atoms with van der Waals surface area (Å²) in [6, 6.07) is 0. The number of hydrogen-bond acceptors (Lipinski definition) is 7. The Morgan fingerprint density at radius 1 is 0.388 bits per heavy atom. The second-order valence-electron chi connectivity index (χ2n) is 22.0. The molecule has 0 rings (SSSR count). The molecule has 0 aromatic carbocycles. The number of likely N-dealkylation sites (N-methyl/N-ethyl adjacent to an activating group) is 1. The number of carbonyl (C=O) groups is 2. The van der Waals surface area contributed by atoms with Crippen LogP contribution in [0.4, 0.5) is 0 Å². The highest BCUT2D eigenvalue weighted by Gasteiger charge is 2.27. The maximum Gasteiger partial charge on any atom is 0.472 e. The summed E-state index contributed by atoms with van der Waals surface area (Å²) in [5.41, 5.74) is 0. The molecule has 0 aliphatic carbocycles. The fourth-order valence-corrected chi connectivity index (χ4v) is 9.08. The van der Waals surface area contributed by atoms with Crippen molar-refractivity contribution in [2.45, 2.75) is 251 Å². The van der Waals surface area contributed by atoms with Crippen LogP contribution >= 0.6 is 7.82 Å². The molecule has 0 aliphatic heterocycles. The van der Waals surface area contributed by atoms with Crippen LogP contribution in [0, 0.1) is 0 Å². The van der Waals surface area contributed by atoms with Gasteiger partial charge in [-0.05, 0) is 109 Å². The van der Waals surface area contributed by atoms with E-state index in [9.17, 15) is 19.0 Å². The number of unbranched alkanes of at least 4 members (excludes halogenated alkanes) is 21. The van der Waals surface area contributed by atoms with Crippen LogP contribution < -0.4 is 0 Å². The Kier molecular flexibility index (Phi) is 56.9. The fourth-order valence-electron chi connectivity index (χ4n) is 8.34. The van der Waals surface area contributed by atoms with Crippen molar-refractivity contribution in [2.75, 3.05) is 47.5 Å². The molecule has 2 atom stereocenters. The molecule has 1 N–H and O–H groups in total. The SMILES string of the molecule is CC/C=C\C/C=C\C/C=C\C/C=C\C/C=C\C/C=C\CCCCCCCCC(=O)OC(COC(=O)CCCCCCCCCCCCCCCCC/C=C\C/C=C\C/C=C\C/C=C\C/C=C\CC)COP(=O)(O)OCC[N+](C)(C)C. The normalized spacial score (nSPS) is 14.1. The lowest BCUT2D eigenvalue weighted by atomic mass is 10.0. The van der Waals surface area contributed by atoms with Gasteiger partial charge in [0.25, 0.3) is 0 Å². The van der Waals surface area contributed by atoms with E-state index < -0.39 is 26.5 Å². The number of phosphoric ester groups is 1. The molecule has 0 bridgehead atoms. The van der Waals surface area contributed by atoms with Crippen molar-refractivity contribution < 1.29 is 42.1 Å². The Balaban J connectivity index is 4.15. The van der Waals surface area contributed by atoms with Gasteiger partial charge in [-0.3, -0.25) is 18.6 Å². The summed E-state index contributed by atoms with van der Waals surface area (Å²) in [5.74, 6) is -0.819. The molecule has 456 valence electrons. The quantitative estimate of drug-likeness (QED) is 0.0211. The number of esters is 2. The van der Waals surface area contributed by atoms with Crippen molar-refractivity contribution in [3.63, 3.8) is 0 Å². The molecular formula is C70H119NO8P+. The van der Waals surface area contributed by atoms with Gasteiger partial charge in [0.05, 0.1) is 27.7 Å². The van der Waals surface area contributed by atoms with Crippen LogP contribution in [-0.2, 0) is 32.7 Å². The van der Waals surface area contributed by atoms with Crippen LogP contribution in [0.2, 0.25) is 0 Å². The molecule has 0 spiro atoms.